The van der Waals surface area contributed by atoms with Gasteiger partial charge in [0, 0.05) is 0 Å². The molecule has 0 aromatic heterocycles. The quantitative estimate of drug-likeness (QED) is 0.419. The summed E-state index contributed by atoms with van der Waals surface area (Å²) in [5.74, 6) is 1.40. The van der Waals surface area contributed by atoms with Gasteiger partial charge < -0.3 is 0 Å². The first-order valence-electron chi connectivity index (χ1n) is 8.39. The van der Waals surface area contributed by atoms with Crippen LogP contribution in [0.3, 0.4) is 0 Å². The minimum atomic E-state index is -1.14. The second kappa shape index (κ2) is 7.16. The van der Waals surface area contributed by atoms with E-state index in [2.05, 4.69) is 76.0 Å². The van der Waals surface area contributed by atoms with E-state index in [1.54, 1.807) is 5.57 Å². The van der Waals surface area contributed by atoms with Crippen molar-refractivity contribution in [1.82, 2.24) is 0 Å². The molecule has 1 aliphatic carbocycles. The molecular formula is C19H34Si2. The summed E-state index contributed by atoms with van der Waals surface area (Å²) in [5.41, 5.74) is 15.0. The van der Waals surface area contributed by atoms with Gasteiger partial charge in [0.1, 0.15) is 0 Å². The Labute approximate surface area is 134 Å². The van der Waals surface area contributed by atoms with E-state index in [9.17, 15) is 0 Å². The summed E-state index contributed by atoms with van der Waals surface area (Å²) in [6, 6.07) is 0. The molecule has 1 saturated carbocycles. The molecule has 2 unspecified atom stereocenters. The van der Waals surface area contributed by atoms with Gasteiger partial charge in [0.25, 0.3) is 0 Å². The van der Waals surface area contributed by atoms with Crippen LogP contribution in [0.5, 0.6) is 0 Å². The number of allylic oxidation sites excluding steroid dienone is 2. The predicted molar refractivity (Wildman–Crippen MR) is 102 cm³/mol. The van der Waals surface area contributed by atoms with Crippen molar-refractivity contribution in [1.29, 1.82) is 0 Å². The van der Waals surface area contributed by atoms with Gasteiger partial charge in [-0.3, -0.25) is 0 Å². The van der Waals surface area contributed by atoms with Gasteiger partial charge in [-0.25, -0.2) is 0 Å². The molecule has 21 heavy (non-hydrogen) atoms. The van der Waals surface area contributed by atoms with E-state index in [4.69, 9.17) is 0 Å². The number of rotatable bonds is 3. The first kappa shape index (κ1) is 18.5. The maximum atomic E-state index is 3.68. The summed E-state index contributed by atoms with van der Waals surface area (Å²) in [4.78, 5) is 0. The third-order valence-electron chi connectivity index (χ3n) is 4.05. The molecule has 0 heterocycles. The predicted octanol–water partition coefficient (Wildman–Crippen LogP) is 6.36. The van der Waals surface area contributed by atoms with Crippen LogP contribution in [-0.4, -0.2) is 16.1 Å². The molecule has 0 aromatic rings. The first-order chi connectivity index (χ1) is 9.48. The van der Waals surface area contributed by atoms with Crippen molar-refractivity contribution in [3.63, 3.8) is 0 Å². The summed E-state index contributed by atoms with van der Waals surface area (Å²) < 4.78 is 0. The second-order valence-electron chi connectivity index (χ2n) is 8.90. The average molecular weight is 319 g/mol. The Bertz CT molecular complexity index is 485. The van der Waals surface area contributed by atoms with E-state index >= 15 is 0 Å². The second-order valence-corrected chi connectivity index (χ2v) is 18.9. The van der Waals surface area contributed by atoms with Gasteiger partial charge in [-0.1, -0.05) is 57.6 Å². The molecule has 2 heteroatoms. The van der Waals surface area contributed by atoms with E-state index in [0.717, 1.165) is 0 Å². The average Bonchev–Trinajstić information content (AvgIpc) is 2.33. The minimum absolute atomic E-state index is 0.686. The Balaban J connectivity index is 2.96. The van der Waals surface area contributed by atoms with Crippen molar-refractivity contribution < 1.29 is 0 Å². The van der Waals surface area contributed by atoms with Crippen LogP contribution in [0.25, 0.3) is 0 Å². The standard InChI is InChI=1S/C19H34Si2/c1-16-9-10-18(17(2)11-13-20(3,4)5)15-19(16)12-14-21(6,7)8/h13-14,16,18H,9-10,15H2,1-8H3. The first-order valence-corrected chi connectivity index (χ1v) is 15.5. The zero-order valence-corrected chi connectivity index (χ0v) is 17.4. The van der Waals surface area contributed by atoms with Crippen LogP contribution >= 0.6 is 0 Å². The van der Waals surface area contributed by atoms with E-state index in [-0.39, 0.29) is 0 Å². The van der Waals surface area contributed by atoms with Crippen LogP contribution in [0.1, 0.15) is 33.1 Å². The molecule has 2 atom stereocenters. The molecule has 0 nitrogen and oxygen atoms in total. The fourth-order valence-electron chi connectivity index (χ4n) is 2.52. The number of hydrogen-bond acceptors (Lipinski definition) is 0. The highest BCUT2D eigenvalue weighted by atomic mass is 28.3. The molecule has 0 N–H and O–H groups in total. The van der Waals surface area contributed by atoms with Gasteiger partial charge in [0.15, 0.2) is 0 Å². The Kier molecular flexibility index (Phi) is 6.31. The Hall–Kier alpha value is -0.526. The van der Waals surface area contributed by atoms with Crippen molar-refractivity contribution in [2.45, 2.75) is 72.4 Å². The van der Waals surface area contributed by atoms with Crippen LogP contribution in [0.2, 0.25) is 39.3 Å². The van der Waals surface area contributed by atoms with Gasteiger partial charge in [-0.2, -0.15) is 0 Å². The van der Waals surface area contributed by atoms with Crippen molar-refractivity contribution >= 4 is 16.1 Å². The van der Waals surface area contributed by atoms with E-state index < -0.39 is 16.1 Å². The summed E-state index contributed by atoms with van der Waals surface area (Å²) in [7, 11) is -2.27. The molecule has 118 valence electrons. The van der Waals surface area contributed by atoms with Gasteiger partial charge in [-0.15, -0.1) is 11.5 Å². The fraction of sp³-hybridized carbons (Fsp3) is 0.684. The lowest BCUT2D eigenvalue weighted by molar-refractivity contribution is 0.403. The highest BCUT2D eigenvalue weighted by Crippen LogP contribution is 2.36. The van der Waals surface area contributed by atoms with E-state index in [1.807, 2.05) is 0 Å². The van der Waals surface area contributed by atoms with E-state index in [1.165, 1.54) is 24.8 Å². The molecule has 1 rings (SSSR count). The molecule has 1 aliphatic rings. The molecule has 0 saturated heterocycles. The smallest absolute Gasteiger partial charge is 0.0781 e. The van der Waals surface area contributed by atoms with Gasteiger partial charge in [0.2, 0.25) is 0 Å². The molecule has 0 aliphatic heterocycles. The lowest BCUT2D eigenvalue weighted by Gasteiger charge is -2.28. The van der Waals surface area contributed by atoms with Crippen LogP contribution in [-0.2, 0) is 0 Å². The Morgan fingerprint density at radius 1 is 1.00 bits per heavy atom. The zero-order chi connectivity index (χ0) is 16.3. The third kappa shape index (κ3) is 7.33. The monoisotopic (exact) mass is 318 g/mol. The number of hydrogen-bond donors (Lipinski definition) is 0. The highest BCUT2D eigenvalue weighted by Gasteiger charge is 2.23. The van der Waals surface area contributed by atoms with Gasteiger partial charge >= 0.3 is 0 Å². The summed E-state index contributed by atoms with van der Waals surface area (Å²) in [6.45, 7) is 18.9. The lowest BCUT2D eigenvalue weighted by Crippen LogP contribution is -2.18. The van der Waals surface area contributed by atoms with Crippen LogP contribution in [0, 0.1) is 11.8 Å². The molecule has 1 fully saturated rings. The van der Waals surface area contributed by atoms with Crippen molar-refractivity contribution in [2.75, 3.05) is 0 Å². The van der Waals surface area contributed by atoms with Crippen LogP contribution < -0.4 is 0 Å². The van der Waals surface area contributed by atoms with Gasteiger partial charge in [-0.05, 0) is 49.2 Å². The zero-order valence-electron chi connectivity index (χ0n) is 15.4. The topological polar surface area (TPSA) is 0 Å². The maximum Gasteiger partial charge on any atom is 0.0781 e. The summed E-state index contributed by atoms with van der Waals surface area (Å²) in [6.07, 6.45) is 3.82. The van der Waals surface area contributed by atoms with E-state index in [0.29, 0.717) is 11.8 Å². The minimum Gasteiger partial charge on any atom is -0.130 e. The lowest BCUT2D eigenvalue weighted by atomic mass is 9.77. The largest absolute Gasteiger partial charge is 0.130 e. The normalized spacial score (nSPS) is 23.1. The SMILES string of the molecule is CC(=C=C[Si](C)(C)C)C1CCC(C)C(=C=C[Si](C)(C)C)C1. The molecule has 0 aromatic carbocycles. The molecule has 0 spiro atoms. The Morgan fingerprint density at radius 3 is 2.10 bits per heavy atom. The van der Waals surface area contributed by atoms with Crippen LogP contribution in [0.15, 0.2) is 34.0 Å². The molecule has 0 radical (unpaired) electrons. The maximum absolute atomic E-state index is 3.68. The molecule has 0 bridgehead atoms. The summed E-state index contributed by atoms with van der Waals surface area (Å²) >= 11 is 0. The third-order valence-corrected chi connectivity index (χ3v) is 6.07. The van der Waals surface area contributed by atoms with Crippen molar-refractivity contribution in [3.8, 4) is 0 Å². The molecular weight excluding hydrogens is 284 g/mol. The highest BCUT2D eigenvalue weighted by molar-refractivity contribution is 6.81. The van der Waals surface area contributed by atoms with Crippen molar-refractivity contribution in [2.24, 2.45) is 11.8 Å². The van der Waals surface area contributed by atoms with Gasteiger partial charge in [0.05, 0.1) is 16.1 Å². The Morgan fingerprint density at radius 2 is 1.57 bits per heavy atom. The van der Waals surface area contributed by atoms with Crippen molar-refractivity contribution in [3.05, 3.63) is 34.0 Å². The fourth-order valence-corrected chi connectivity index (χ4v) is 3.80. The molecule has 0 amide bonds. The summed E-state index contributed by atoms with van der Waals surface area (Å²) in [5, 5.41) is 0. The van der Waals surface area contributed by atoms with Crippen LogP contribution in [0.4, 0.5) is 0 Å².